The molecule has 3 aromatic heterocycles. The van der Waals surface area contributed by atoms with Crippen molar-refractivity contribution in [2.75, 3.05) is 17.2 Å². The lowest BCUT2D eigenvalue weighted by molar-refractivity contribution is -0.274. The van der Waals surface area contributed by atoms with Crippen molar-refractivity contribution in [1.29, 1.82) is 0 Å². The Balaban J connectivity index is 1.50. The van der Waals surface area contributed by atoms with Crippen LogP contribution in [0.25, 0.3) is 20.8 Å². The van der Waals surface area contributed by atoms with Crippen molar-refractivity contribution < 1.29 is 33.2 Å². The van der Waals surface area contributed by atoms with Gasteiger partial charge in [0.15, 0.2) is 0 Å². The molecule has 0 radical (unpaired) electrons. The SMILES string of the molecule is Cc1cc(OC(F)(F)F)ccc1[C@@H](C)Nc1nc(C)c(-c2nc3c(C)nccc3s2)c(N[C@@H]2C[C@H](CO)[C@@H](O)[C@H]2O)n1. The molecule has 5 atom stereocenters. The van der Waals surface area contributed by atoms with Crippen LogP contribution in [-0.4, -0.2) is 66.5 Å². The molecule has 1 aromatic carbocycles. The fourth-order valence-electron chi connectivity index (χ4n) is 5.31. The Morgan fingerprint density at radius 1 is 1.07 bits per heavy atom. The first-order valence-corrected chi connectivity index (χ1v) is 14.1. The highest BCUT2D eigenvalue weighted by atomic mass is 32.1. The second-order valence-electron chi connectivity index (χ2n) is 10.5. The quantitative estimate of drug-likeness (QED) is 0.193. The van der Waals surface area contributed by atoms with Crippen LogP contribution >= 0.6 is 11.3 Å². The summed E-state index contributed by atoms with van der Waals surface area (Å²) in [7, 11) is 0. The van der Waals surface area contributed by atoms with Crippen molar-refractivity contribution in [2.24, 2.45) is 5.92 Å². The van der Waals surface area contributed by atoms with Crippen LogP contribution in [0.5, 0.6) is 5.75 Å². The Bertz CT molecular complexity index is 1600. The molecule has 1 fully saturated rings. The summed E-state index contributed by atoms with van der Waals surface area (Å²) in [6.07, 6.45) is -4.99. The lowest BCUT2D eigenvalue weighted by Gasteiger charge is -2.22. The van der Waals surface area contributed by atoms with E-state index in [0.29, 0.717) is 34.1 Å². The fourth-order valence-corrected chi connectivity index (χ4v) is 6.42. The van der Waals surface area contributed by atoms with Crippen molar-refractivity contribution >= 4 is 33.3 Å². The van der Waals surface area contributed by atoms with Gasteiger partial charge in [-0.1, -0.05) is 6.07 Å². The Morgan fingerprint density at radius 3 is 2.48 bits per heavy atom. The van der Waals surface area contributed by atoms with Crippen LogP contribution in [0.2, 0.25) is 0 Å². The second kappa shape index (κ2) is 11.6. The van der Waals surface area contributed by atoms with E-state index in [0.717, 1.165) is 21.5 Å². The number of halogens is 3. The van der Waals surface area contributed by atoms with Crippen molar-refractivity contribution in [2.45, 2.75) is 64.8 Å². The van der Waals surface area contributed by atoms with Gasteiger partial charge < -0.3 is 30.7 Å². The lowest BCUT2D eigenvalue weighted by atomic mass is 10.0. The van der Waals surface area contributed by atoms with Crippen LogP contribution in [0.3, 0.4) is 0 Å². The second-order valence-corrected chi connectivity index (χ2v) is 11.5. The van der Waals surface area contributed by atoms with Crippen LogP contribution in [0, 0.1) is 26.7 Å². The number of hydrogen-bond donors (Lipinski definition) is 5. The van der Waals surface area contributed by atoms with Gasteiger partial charge in [-0.05, 0) is 63.4 Å². The number of ether oxygens (including phenoxy) is 1. The predicted octanol–water partition coefficient (Wildman–Crippen LogP) is 4.66. The minimum absolute atomic E-state index is 0.243. The average molecular weight is 605 g/mol. The van der Waals surface area contributed by atoms with E-state index in [1.54, 1.807) is 26.1 Å². The molecule has 3 heterocycles. The number of thiazole rings is 1. The maximum Gasteiger partial charge on any atom is 0.573 e. The third-order valence-corrected chi connectivity index (χ3v) is 8.48. The van der Waals surface area contributed by atoms with E-state index < -0.39 is 36.6 Å². The number of hydrogen-bond acceptors (Lipinski definition) is 11. The van der Waals surface area contributed by atoms with Gasteiger partial charge in [0.1, 0.15) is 28.2 Å². The molecule has 42 heavy (non-hydrogen) atoms. The van der Waals surface area contributed by atoms with Gasteiger partial charge in [0.25, 0.3) is 0 Å². The zero-order valence-corrected chi connectivity index (χ0v) is 24.1. The molecule has 0 aliphatic heterocycles. The maximum absolute atomic E-state index is 12.7. The topological polar surface area (TPSA) is 146 Å². The van der Waals surface area contributed by atoms with E-state index in [1.807, 2.05) is 19.9 Å². The van der Waals surface area contributed by atoms with Crippen LogP contribution in [0.15, 0.2) is 30.5 Å². The van der Waals surface area contributed by atoms with Gasteiger partial charge in [-0.25, -0.2) is 9.97 Å². The summed E-state index contributed by atoms with van der Waals surface area (Å²) in [5.41, 5.74) is 4.04. The van der Waals surface area contributed by atoms with Crippen molar-refractivity contribution in [3.8, 4) is 16.3 Å². The first-order valence-electron chi connectivity index (χ1n) is 13.3. The Kier molecular flexibility index (Phi) is 8.25. The molecule has 1 aliphatic carbocycles. The molecule has 5 N–H and O–H groups in total. The molecule has 5 rings (SSSR count). The first-order chi connectivity index (χ1) is 19.8. The summed E-state index contributed by atoms with van der Waals surface area (Å²) in [5.74, 6) is -0.182. The third-order valence-electron chi connectivity index (χ3n) is 7.44. The van der Waals surface area contributed by atoms with E-state index in [9.17, 15) is 28.5 Å². The van der Waals surface area contributed by atoms with Gasteiger partial charge in [-0.2, -0.15) is 4.98 Å². The Morgan fingerprint density at radius 2 is 1.83 bits per heavy atom. The highest BCUT2D eigenvalue weighted by Gasteiger charge is 2.41. The number of nitrogens with one attached hydrogen (secondary N) is 2. The highest BCUT2D eigenvalue weighted by molar-refractivity contribution is 7.21. The Labute approximate surface area is 243 Å². The number of benzene rings is 1. The highest BCUT2D eigenvalue weighted by Crippen LogP contribution is 2.39. The van der Waals surface area contributed by atoms with E-state index in [1.165, 1.54) is 23.5 Å². The normalized spacial score (nSPS) is 21.5. The van der Waals surface area contributed by atoms with Crippen LogP contribution in [0.4, 0.5) is 24.9 Å². The summed E-state index contributed by atoms with van der Waals surface area (Å²) < 4.78 is 42.9. The Hall–Kier alpha value is -3.59. The molecule has 224 valence electrons. The fraction of sp³-hybridized carbons (Fsp3) is 0.429. The molecule has 0 spiro atoms. The van der Waals surface area contributed by atoms with Crippen LogP contribution in [0.1, 0.15) is 41.9 Å². The standard InChI is InChI=1S/C28H31F3N6O4S/c1-12-9-17(41-28(29,30)31)5-6-18(12)13(2)33-27-34-14(3)21(26-36-22-15(4)32-8-7-20(22)42-26)25(37-27)35-19-10-16(11-38)23(39)24(19)40/h5-9,13,16,19,23-24,38-40H,10-11H2,1-4H3,(H2,33,34,35,37)/t13-,16-,19-,23-,24+/m1/s1. The summed E-state index contributed by atoms with van der Waals surface area (Å²) in [4.78, 5) is 18.5. The monoisotopic (exact) mass is 604 g/mol. The molecule has 0 bridgehead atoms. The molecular weight excluding hydrogens is 573 g/mol. The van der Waals surface area contributed by atoms with Crippen molar-refractivity contribution in [3.63, 3.8) is 0 Å². The van der Waals surface area contributed by atoms with Gasteiger partial charge in [0, 0.05) is 18.7 Å². The third kappa shape index (κ3) is 6.11. The molecule has 1 saturated carbocycles. The number of aryl methyl sites for hydroxylation is 3. The van der Waals surface area contributed by atoms with Crippen molar-refractivity contribution in [3.05, 3.63) is 53.0 Å². The van der Waals surface area contributed by atoms with Crippen molar-refractivity contribution in [1.82, 2.24) is 19.9 Å². The smallest absolute Gasteiger partial charge is 0.406 e. The summed E-state index contributed by atoms with van der Waals surface area (Å²) >= 11 is 1.45. The van der Waals surface area contributed by atoms with Crippen LogP contribution < -0.4 is 15.4 Å². The molecule has 10 nitrogen and oxygen atoms in total. The van der Waals surface area contributed by atoms with E-state index in [2.05, 4.69) is 25.3 Å². The molecule has 0 unspecified atom stereocenters. The molecule has 4 aromatic rings. The minimum atomic E-state index is -4.78. The van der Waals surface area contributed by atoms with E-state index >= 15 is 0 Å². The number of nitrogens with zero attached hydrogens (tertiary/aromatic N) is 4. The van der Waals surface area contributed by atoms with E-state index in [-0.39, 0.29) is 18.3 Å². The van der Waals surface area contributed by atoms with Gasteiger partial charge >= 0.3 is 6.36 Å². The number of aromatic nitrogens is 4. The summed E-state index contributed by atoms with van der Waals surface area (Å²) in [5, 5.41) is 37.9. The first kappa shape index (κ1) is 29.9. The zero-order chi connectivity index (χ0) is 30.3. The molecular formula is C28H31F3N6O4S. The summed E-state index contributed by atoms with van der Waals surface area (Å²) in [6.45, 7) is 6.93. The zero-order valence-electron chi connectivity index (χ0n) is 23.3. The molecule has 14 heteroatoms. The van der Waals surface area contributed by atoms with Gasteiger partial charge in [0.2, 0.25) is 5.95 Å². The number of rotatable bonds is 8. The lowest BCUT2D eigenvalue weighted by Crippen LogP contribution is -2.35. The molecule has 0 saturated heterocycles. The summed E-state index contributed by atoms with van der Waals surface area (Å²) in [6, 6.07) is 5.01. The predicted molar refractivity (Wildman–Crippen MR) is 152 cm³/mol. The van der Waals surface area contributed by atoms with E-state index in [4.69, 9.17) is 9.97 Å². The number of fused-ring (bicyclic) bond motifs is 1. The van der Waals surface area contributed by atoms with Gasteiger partial charge in [-0.15, -0.1) is 24.5 Å². The number of anilines is 2. The number of alkyl halides is 3. The number of aliphatic hydroxyl groups is 3. The number of pyridine rings is 1. The van der Waals surface area contributed by atoms with Gasteiger partial charge in [0.05, 0.1) is 39.8 Å². The number of aliphatic hydroxyl groups excluding tert-OH is 3. The van der Waals surface area contributed by atoms with Crippen LogP contribution in [-0.2, 0) is 0 Å². The minimum Gasteiger partial charge on any atom is -0.406 e. The molecule has 0 amide bonds. The molecule has 1 aliphatic rings. The maximum atomic E-state index is 12.7. The largest absolute Gasteiger partial charge is 0.573 e. The van der Waals surface area contributed by atoms with Gasteiger partial charge in [-0.3, -0.25) is 4.98 Å². The average Bonchev–Trinajstić information content (AvgIpc) is 3.45.